The lowest BCUT2D eigenvalue weighted by Gasteiger charge is -2.16. The number of amides is 3. The van der Waals surface area contributed by atoms with E-state index in [-0.39, 0.29) is 6.54 Å². The van der Waals surface area contributed by atoms with Crippen molar-refractivity contribution in [3.05, 3.63) is 29.8 Å². The van der Waals surface area contributed by atoms with Gasteiger partial charge in [0.05, 0.1) is 19.6 Å². The molecular weight excluding hydrogens is 322 g/mol. The standard InChI is InChI=1S/C14H19N3O5S/c1-15-14(19)17-13(18)12(4-3-9-16-23(20)21)10-5-7-11(22-2)8-6-10/h5-8,12H,3-4,9H2,1-2H3,(H2,15,17,18,19). The summed E-state index contributed by atoms with van der Waals surface area (Å²) in [5, 5.41) is 4.55. The Kier molecular flexibility index (Phi) is 7.75. The predicted octanol–water partition coefficient (Wildman–Crippen LogP) is 1.08. The summed E-state index contributed by atoms with van der Waals surface area (Å²) in [5.41, 5.74) is 0.704. The molecule has 0 fully saturated rings. The fourth-order valence-corrected chi connectivity index (χ4v) is 2.26. The van der Waals surface area contributed by atoms with Crippen LogP contribution in [0.4, 0.5) is 4.79 Å². The van der Waals surface area contributed by atoms with Gasteiger partial charge in [-0.15, -0.1) is 0 Å². The number of carbonyl (C=O) groups is 2. The summed E-state index contributed by atoms with van der Waals surface area (Å²) in [5.74, 6) is -0.401. The topological polar surface area (TPSA) is 114 Å². The molecule has 2 N–H and O–H groups in total. The lowest BCUT2D eigenvalue weighted by Crippen LogP contribution is -2.40. The van der Waals surface area contributed by atoms with Crippen LogP contribution in [-0.2, 0) is 15.3 Å². The van der Waals surface area contributed by atoms with Crippen LogP contribution in [0, 0.1) is 0 Å². The van der Waals surface area contributed by atoms with Gasteiger partial charge >= 0.3 is 16.5 Å². The molecule has 23 heavy (non-hydrogen) atoms. The molecule has 0 aliphatic heterocycles. The number of hydrogen-bond donors (Lipinski definition) is 2. The van der Waals surface area contributed by atoms with E-state index in [0.717, 1.165) is 0 Å². The zero-order valence-corrected chi connectivity index (χ0v) is 13.7. The van der Waals surface area contributed by atoms with Gasteiger partial charge in [0.2, 0.25) is 5.91 Å². The normalized spacial score (nSPS) is 11.2. The van der Waals surface area contributed by atoms with E-state index in [2.05, 4.69) is 15.0 Å². The van der Waals surface area contributed by atoms with E-state index in [0.29, 0.717) is 24.2 Å². The van der Waals surface area contributed by atoms with Gasteiger partial charge in [0, 0.05) is 7.05 Å². The van der Waals surface area contributed by atoms with Gasteiger partial charge in [0.25, 0.3) is 0 Å². The smallest absolute Gasteiger partial charge is 0.321 e. The maximum Gasteiger partial charge on any atom is 0.321 e. The number of imide groups is 1. The molecule has 0 spiro atoms. The molecule has 0 saturated carbocycles. The molecule has 0 heterocycles. The van der Waals surface area contributed by atoms with Crippen LogP contribution in [0.15, 0.2) is 28.6 Å². The fraction of sp³-hybridized carbons (Fsp3) is 0.429. The van der Waals surface area contributed by atoms with Crippen molar-refractivity contribution in [1.29, 1.82) is 0 Å². The SMILES string of the molecule is CNC(=O)NC(=O)C(CCCN=S(=O)=O)c1ccc(OC)cc1. The molecule has 0 radical (unpaired) electrons. The van der Waals surface area contributed by atoms with Crippen LogP contribution in [0.2, 0.25) is 0 Å². The second-order valence-corrected chi connectivity index (χ2v) is 5.30. The maximum absolute atomic E-state index is 12.2. The molecule has 9 heteroatoms. The minimum Gasteiger partial charge on any atom is -0.497 e. The second-order valence-electron chi connectivity index (χ2n) is 4.61. The van der Waals surface area contributed by atoms with E-state index in [4.69, 9.17) is 4.74 Å². The zero-order chi connectivity index (χ0) is 17.2. The Labute approximate surface area is 135 Å². The molecule has 126 valence electrons. The Morgan fingerprint density at radius 1 is 1.26 bits per heavy atom. The molecular formula is C14H19N3O5S. The minimum atomic E-state index is -2.46. The van der Waals surface area contributed by atoms with E-state index in [1.165, 1.54) is 14.2 Å². The lowest BCUT2D eigenvalue weighted by atomic mass is 9.93. The maximum atomic E-state index is 12.2. The summed E-state index contributed by atoms with van der Waals surface area (Å²) >= 11 is 0. The minimum absolute atomic E-state index is 0.0933. The molecule has 0 aliphatic rings. The summed E-state index contributed by atoms with van der Waals surface area (Å²) in [6.07, 6.45) is 0.752. The summed E-state index contributed by atoms with van der Waals surface area (Å²) in [6, 6.07) is 6.30. The Morgan fingerprint density at radius 2 is 1.91 bits per heavy atom. The number of nitrogens with zero attached hydrogens (tertiary/aromatic N) is 1. The molecule has 1 aromatic carbocycles. The van der Waals surface area contributed by atoms with Crippen molar-refractivity contribution < 1.29 is 22.7 Å². The highest BCUT2D eigenvalue weighted by Crippen LogP contribution is 2.24. The number of rotatable bonds is 7. The average molecular weight is 341 g/mol. The van der Waals surface area contributed by atoms with Gasteiger partial charge in [-0.05, 0) is 30.5 Å². The fourth-order valence-electron chi connectivity index (χ4n) is 1.98. The highest BCUT2D eigenvalue weighted by atomic mass is 32.2. The van der Waals surface area contributed by atoms with Gasteiger partial charge in [-0.25, -0.2) is 4.79 Å². The van der Waals surface area contributed by atoms with Gasteiger partial charge in [-0.1, -0.05) is 12.1 Å². The Hall–Kier alpha value is -2.42. The molecule has 0 bridgehead atoms. The van der Waals surface area contributed by atoms with Crippen molar-refractivity contribution in [2.75, 3.05) is 20.7 Å². The van der Waals surface area contributed by atoms with Gasteiger partial charge in [0.15, 0.2) is 0 Å². The van der Waals surface area contributed by atoms with Crippen LogP contribution in [0.3, 0.4) is 0 Å². The van der Waals surface area contributed by atoms with E-state index in [1.54, 1.807) is 24.3 Å². The van der Waals surface area contributed by atoms with Crippen molar-refractivity contribution in [3.8, 4) is 5.75 Å². The Morgan fingerprint density at radius 3 is 2.43 bits per heavy atom. The first-order chi connectivity index (χ1) is 11.0. The van der Waals surface area contributed by atoms with E-state index in [9.17, 15) is 18.0 Å². The third kappa shape index (κ3) is 6.47. The van der Waals surface area contributed by atoms with Crippen molar-refractivity contribution in [1.82, 2.24) is 10.6 Å². The number of ether oxygens (including phenoxy) is 1. The van der Waals surface area contributed by atoms with Crippen LogP contribution in [-0.4, -0.2) is 41.1 Å². The molecule has 1 rings (SSSR count). The van der Waals surface area contributed by atoms with Gasteiger partial charge in [0.1, 0.15) is 5.75 Å². The first-order valence-corrected chi connectivity index (χ1v) is 7.94. The summed E-state index contributed by atoms with van der Waals surface area (Å²) < 4.78 is 29.2. The number of nitrogens with one attached hydrogen (secondary N) is 2. The van der Waals surface area contributed by atoms with Crippen LogP contribution in [0.1, 0.15) is 24.3 Å². The summed E-state index contributed by atoms with van der Waals surface area (Å²) in [4.78, 5) is 23.6. The van der Waals surface area contributed by atoms with Crippen molar-refractivity contribution in [3.63, 3.8) is 0 Å². The van der Waals surface area contributed by atoms with Crippen molar-refractivity contribution >= 4 is 22.4 Å². The summed E-state index contributed by atoms with van der Waals surface area (Å²) in [6.45, 7) is 0.0933. The van der Waals surface area contributed by atoms with Gasteiger partial charge in [-0.2, -0.15) is 12.8 Å². The molecule has 3 amide bonds. The molecule has 0 aromatic heterocycles. The molecule has 1 aromatic rings. The Bertz CT molecular complexity index is 662. The molecule has 0 aliphatic carbocycles. The first-order valence-electron chi connectivity index (χ1n) is 6.91. The number of urea groups is 1. The molecule has 8 nitrogen and oxygen atoms in total. The van der Waals surface area contributed by atoms with Crippen molar-refractivity contribution in [2.45, 2.75) is 18.8 Å². The van der Waals surface area contributed by atoms with E-state index in [1.807, 2.05) is 0 Å². The number of hydrogen-bond acceptors (Lipinski definition) is 6. The number of methoxy groups -OCH3 is 1. The summed E-state index contributed by atoms with van der Waals surface area (Å²) in [7, 11) is 0.491. The third-order valence-electron chi connectivity index (χ3n) is 3.15. The van der Waals surface area contributed by atoms with Crippen LogP contribution in [0.25, 0.3) is 0 Å². The Balaban J connectivity index is 2.87. The van der Waals surface area contributed by atoms with Gasteiger partial charge < -0.3 is 10.1 Å². The van der Waals surface area contributed by atoms with E-state index >= 15 is 0 Å². The lowest BCUT2D eigenvalue weighted by molar-refractivity contribution is -0.121. The highest BCUT2D eigenvalue weighted by Gasteiger charge is 2.22. The van der Waals surface area contributed by atoms with Crippen LogP contribution in [0.5, 0.6) is 5.75 Å². The monoisotopic (exact) mass is 341 g/mol. The molecule has 1 unspecified atom stereocenters. The third-order valence-corrected chi connectivity index (χ3v) is 3.54. The number of carbonyl (C=O) groups excluding carboxylic acids is 2. The zero-order valence-electron chi connectivity index (χ0n) is 12.9. The molecule has 1 atom stereocenters. The average Bonchev–Trinajstić information content (AvgIpc) is 2.54. The van der Waals surface area contributed by atoms with E-state index < -0.39 is 28.4 Å². The second kappa shape index (κ2) is 9.57. The quantitative estimate of drug-likeness (QED) is 0.720. The number of benzene rings is 1. The van der Waals surface area contributed by atoms with Crippen molar-refractivity contribution in [2.24, 2.45) is 4.36 Å². The predicted molar refractivity (Wildman–Crippen MR) is 83.8 cm³/mol. The first kappa shape index (κ1) is 18.6. The van der Waals surface area contributed by atoms with Crippen LogP contribution >= 0.6 is 0 Å². The van der Waals surface area contributed by atoms with Crippen LogP contribution < -0.4 is 15.4 Å². The molecule has 0 saturated heterocycles. The largest absolute Gasteiger partial charge is 0.497 e. The van der Waals surface area contributed by atoms with Gasteiger partial charge in [-0.3, -0.25) is 10.1 Å². The highest BCUT2D eigenvalue weighted by molar-refractivity contribution is 7.61.